The first-order valence-corrected chi connectivity index (χ1v) is 6.97. The standard InChI is InChI=1S/C13H18Cl2N4O/c1-3-17-12(20)7-18-13(16)19-8(2)10-5-4-9(14)6-11(10)15/h4-6,8H,3,7H2,1-2H3,(H,17,20)(H3,16,18,19). The van der Waals surface area contributed by atoms with Gasteiger partial charge in [0.1, 0.15) is 6.54 Å². The van der Waals surface area contributed by atoms with Crippen LogP contribution >= 0.6 is 23.2 Å². The summed E-state index contributed by atoms with van der Waals surface area (Å²) in [5, 5.41) is 6.73. The van der Waals surface area contributed by atoms with Gasteiger partial charge in [0, 0.05) is 16.6 Å². The van der Waals surface area contributed by atoms with Gasteiger partial charge in [-0.25, -0.2) is 4.99 Å². The van der Waals surface area contributed by atoms with Crippen molar-refractivity contribution in [2.45, 2.75) is 19.9 Å². The summed E-state index contributed by atoms with van der Waals surface area (Å²) in [6.07, 6.45) is 0. The van der Waals surface area contributed by atoms with E-state index < -0.39 is 0 Å². The van der Waals surface area contributed by atoms with E-state index in [1.807, 2.05) is 19.9 Å². The summed E-state index contributed by atoms with van der Waals surface area (Å²) in [4.78, 5) is 15.2. The predicted octanol–water partition coefficient (Wildman–Crippen LogP) is 2.09. The van der Waals surface area contributed by atoms with Crippen LogP contribution in [-0.4, -0.2) is 25.0 Å². The molecule has 0 spiro atoms. The molecule has 0 aromatic heterocycles. The van der Waals surface area contributed by atoms with Gasteiger partial charge in [-0.1, -0.05) is 29.3 Å². The zero-order valence-corrected chi connectivity index (χ0v) is 12.9. The molecule has 0 heterocycles. The van der Waals surface area contributed by atoms with Gasteiger partial charge >= 0.3 is 0 Å². The maximum atomic E-state index is 11.3. The molecule has 1 unspecified atom stereocenters. The Hall–Kier alpha value is -1.46. The van der Waals surface area contributed by atoms with E-state index in [0.29, 0.717) is 16.6 Å². The number of nitrogens with two attached hydrogens (primary N) is 1. The van der Waals surface area contributed by atoms with Gasteiger partial charge in [0.05, 0.1) is 6.04 Å². The highest BCUT2D eigenvalue weighted by Crippen LogP contribution is 2.25. The quantitative estimate of drug-likeness (QED) is 0.575. The molecule has 5 nitrogen and oxygen atoms in total. The monoisotopic (exact) mass is 316 g/mol. The topological polar surface area (TPSA) is 79.5 Å². The predicted molar refractivity (Wildman–Crippen MR) is 83.2 cm³/mol. The van der Waals surface area contributed by atoms with Crippen LogP contribution in [0.15, 0.2) is 23.2 Å². The average Bonchev–Trinajstić information content (AvgIpc) is 2.36. The minimum Gasteiger partial charge on any atom is -0.370 e. The third-order valence-electron chi connectivity index (χ3n) is 2.56. The highest BCUT2D eigenvalue weighted by molar-refractivity contribution is 6.35. The van der Waals surface area contributed by atoms with Crippen molar-refractivity contribution in [3.63, 3.8) is 0 Å². The summed E-state index contributed by atoms with van der Waals surface area (Å²) >= 11 is 12.0. The van der Waals surface area contributed by atoms with Crippen LogP contribution in [0.3, 0.4) is 0 Å². The summed E-state index contributed by atoms with van der Waals surface area (Å²) in [5.74, 6) is 0.0178. The summed E-state index contributed by atoms with van der Waals surface area (Å²) in [6, 6.07) is 5.10. The fraction of sp³-hybridized carbons (Fsp3) is 0.385. The van der Waals surface area contributed by atoms with Crippen molar-refractivity contribution in [1.82, 2.24) is 10.6 Å². The number of hydrogen-bond donors (Lipinski definition) is 3. The first kappa shape index (κ1) is 16.6. The van der Waals surface area contributed by atoms with Crippen LogP contribution in [0.2, 0.25) is 10.0 Å². The molecular weight excluding hydrogens is 299 g/mol. The van der Waals surface area contributed by atoms with E-state index in [9.17, 15) is 4.79 Å². The van der Waals surface area contributed by atoms with Crippen molar-refractivity contribution in [2.75, 3.05) is 13.1 Å². The molecule has 1 amide bonds. The van der Waals surface area contributed by atoms with E-state index in [2.05, 4.69) is 15.6 Å². The molecule has 7 heteroatoms. The van der Waals surface area contributed by atoms with Gasteiger partial charge in [0.15, 0.2) is 5.96 Å². The van der Waals surface area contributed by atoms with Crippen LogP contribution in [0.1, 0.15) is 25.5 Å². The lowest BCUT2D eigenvalue weighted by atomic mass is 10.1. The van der Waals surface area contributed by atoms with E-state index in [1.165, 1.54) is 0 Å². The second-order valence-electron chi connectivity index (χ2n) is 4.19. The number of aliphatic imine (C=N–C) groups is 1. The van der Waals surface area contributed by atoms with Crippen LogP contribution in [0.5, 0.6) is 0 Å². The summed E-state index contributed by atoms with van der Waals surface area (Å²) in [6.45, 7) is 4.30. The summed E-state index contributed by atoms with van der Waals surface area (Å²) in [5.41, 5.74) is 6.58. The largest absolute Gasteiger partial charge is 0.370 e. The molecule has 0 fully saturated rings. The normalized spacial score (nSPS) is 12.9. The number of guanidine groups is 1. The molecule has 110 valence electrons. The molecule has 1 aromatic carbocycles. The first-order chi connectivity index (χ1) is 9.43. The maximum absolute atomic E-state index is 11.3. The van der Waals surface area contributed by atoms with Crippen molar-refractivity contribution in [2.24, 2.45) is 10.7 Å². The zero-order valence-electron chi connectivity index (χ0n) is 11.4. The number of likely N-dealkylation sites (N-methyl/N-ethyl adjacent to an activating group) is 1. The Balaban J connectivity index is 2.63. The molecule has 0 saturated heterocycles. The van der Waals surface area contributed by atoms with Crippen LogP contribution in [0, 0.1) is 0 Å². The molecular formula is C13H18Cl2N4O. The van der Waals surface area contributed by atoms with E-state index >= 15 is 0 Å². The van der Waals surface area contributed by atoms with Crippen LogP contribution in [0.4, 0.5) is 0 Å². The van der Waals surface area contributed by atoms with Gasteiger partial charge < -0.3 is 16.4 Å². The molecule has 4 N–H and O–H groups in total. The third kappa shape index (κ3) is 5.27. The third-order valence-corrected chi connectivity index (χ3v) is 3.12. The number of rotatable bonds is 5. The molecule has 0 aliphatic rings. The van der Waals surface area contributed by atoms with Crippen molar-refractivity contribution in [3.05, 3.63) is 33.8 Å². The number of nitrogens with one attached hydrogen (secondary N) is 2. The van der Waals surface area contributed by atoms with Crippen molar-refractivity contribution in [3.8, 4) is 0 Å². The number of carbonyl (C=O) groups excluding carboxylic acids is 1. The minimum absolute atomic E-state index is 0.00621. The molecule has 0 saturated carbocycles. The fourth-order valence-electron chi connectivity index (χ4n) is 1.61. The molecule has 1 atom stereocenters. The molecule has 1 rings (SSSR count). The number of halogens is 2. The van der Waals surface area contributed by atoms with Gasteiger partial charge in [-0.15, -0.1) is 0 Å². The Morgan fingerprint density at radius 1 is 1.45 bits per heavy atom. The van der Waals surface area contributed by atoms with Gasteiger partial charge in [-0.05, 0) is 31.5 Å². The Morgan fingerprint density at radius 2 is 2.15 bits per heavy atom. The Kier molecular flexibility index (Phi) is 6.61. The lowest BCUT2D eigenvalue weighted by Gasteiger charge is -2.16. The number of amides is 1. The molecule has 0 radical (unpaired) electrons. The second kappa shape index (κ2) is 7.97. The molecule has 0 bridgehead atoms. The Labute approximate surface area is 128 Å². The highest BCUT2D eigenvalue weighted by Gasteiger charge is 2.10. The maximum Gasteiger partial charge on any atom is 0.241 e. The van der Waals surface area contributed by atoms with Crippen LogP contribution in [0.25, 0.3) is 0 Å². The van der Waals surface area contributed by atoms with Gasteiger partial charge in [-0.3, -0.25) is 4.79 Å². The SMILES string of the molecule is CCNC(=O)CN=C(N)NC(C)c1ccc(Cl)cc1Cl. The zero-order chi connectivity index (χ0) is 15.1. The molecule has 1 aromatic rings. The number of hydrogen-bond acceptors (Lipinski definition) is 2. The first-order valence-electron chi connectivity index (χ1n) is 6.22. The summed E-state index contributed by atoms with van der Waals surface area (Å²) in [7, 11) is 0. The van der Waals surface area contributed by atoms with Crippen molar-refractivity contribution in [1.29, 1.82) is 0 Å². The molecule has 20 heavy (non-hydrogen) atoms. The summed E-state index contributed by atoms with van der Waals surface area (Å²) < 4.78 is 0. The number of carbonyl (C=O) groups is 1. The molecule has 0 aliphatic heterocycles. The average molecular weight is 317 g/mol. The van der Waals surface area contributed by atoms with Gasteiger partial charge in [0.2, 0.25) is 5.91 Å². The van der Waals surface area contributed by atoms with Gasteiger partial charge in [0.25, 0.3) is 0 Å². The smallest absolute Gasteiger partial charge is 0.241 e. The van der Waals surface area contributed by atoms with Crippen molar-refractivity contribution < 1.29 is 4.79 Å². The van der Waals surface area contributed by atoms with Crippen LogP contribution < -0.4 is 16.4 Å². The lowest BCUT2D eigenvalue weighted by molar-refractivity contribution is -0.119. The van der Waals surface area contributed by atoms with E-state index in [0.717, 1.165) is 5.56 Å². The Bertz CT molecular complexity index is 505. The minimum atomic E-state index is -0.172. The van der Waals surface area contributed by atoms with E-state index in [4.69, 9.17) is 28.9 Å². The van der Waals surface area contributed by atoms with Crippen LogP contribution in [-0.2, 0) is 4.79 Å². The van der Waals surface area contributed by atoms with Gasteiger partial charge in [-0.2, -0.15) is 0 Å². The molecule has 0 aliphatic carbocycles. The second-order valence-corrected chi connectivity index (χ2v) is 5.03. The van der Waals surface area contributed by atoms with Crippen molar-refractivity contribution >= 4 is 35.1 Å². The Morgan fingerprint density at radius 3 is 2.75 bits per heavy atom. The number of nitrogens with zero attached hydrogens (tertiary/aromatic N) is 1. The number of benzene rings is 1. The van der Waals surface area contributed by atoms with E-state index in [1.54, 1.807) is 12.1 Å². The fourth-order valence-corrected chi connectivity index (χ4v) is 2.18. The highest BCUT2D eigenvalue weighted by atomic mass is 35.5. The lowest BCUT2D eigenvalue weighted by Crippen LogP contribution is -2.35. The van der Waals surface area contributed by atoms with E-state index in [-0.39, 0.29) is 24.5 Å².